The molecule has 2 nitrogen and oxygen atoms in total. The summed E-state index contributed by atoms with van der Waals surface area (Å²) in [6, 6.07) is 90.9. The molecule has 1 aromatic heterocycles. The Morgan fingerprint density at radius 1 is 0.323 bits per heavy atom. The molecule has 0 fully saturated rings. The van der Waals surface area contributed by atoms with E-state index in [1.807, 2.05) is 0 Å². The number of furan rings is 1. The Morgan fingerprint density at radius 3 is 1.66 bits per heavy atom. The molecular formula is C63H41NO. The molecular weight excluding hydrogens is 787 g/mol. The van der Waals surface area contributed by atoms with E-state index in [1.165, 1.54) is 66.1 Å². The smallest absolute Gasteiger partial charge is 0.143 e. The zero-order chi connectivity index (χ0) is 42.9. The molecule has 1 aliphatic carbocycles. The summed E-state index contributed by atoms with van der Waals surface area (Å²) in [5.74, 6) is 0. The van der Waals surface area contributed by atoms with Crippen LogP contribution in [0.1, 0.15) is 22.3 Å². The summed E-state index contributed by atoms with van der Waals surface area (Å²) in [6.07, 6.45) is 0. The molecule has 0 unspecified atom stereocenters. The normalized spacial score (nSPS) is 12.7. The van der Waals surface area contributed by atoms with Gasteiger partial charge in [-0.05, 0) is 109 Å². The maximum atomic E-state index is 6.90. The van der Waals surface area contributed by atoms with Crippen LogP contribution >= 0.6 is 0 Å². The monoisotopic (exact) mass is 827 g/mol. The minimum Gasteiger partial charge on any atom is -0.455 e. The Labute approximate surface area is 377 Å². The van der Waals surface area contributed by atoms with Crippen molar-refractivity contribution in [3.8, 4) is 33.4 Å². The number of rotatable bonds is 7. The minimum absolute atomic E-state index is 0.544. The van der Waals surface area contributed by atoms with Crippen molar-refractivity contribution in [3.05, 3.63) is 271 Å². The van der Waals surface area contributed by atoms with E-state index < -0.39 is 5.41 Å². The Hall–Kier alpha value is -8.46. The summed E-state index contributed by atoms with van der Waals surface area (Å²) in [7, 11) is 0. The lowest BCUT2D eigenvalue weighted by atomic mass is 9.67. The van der Waals surface area contributed by atoms with Gasteiger partial charge in [0.25, 0.3) is 0 Å². The number of para-hydroxylation sites is 2. The maximum Gasteiger partial charge on any atom is 0.143 e. The summed E-state index contributed by atoms with van der Waals surface area (Å²) < 4.78 is 6.90. The molecule has 0 spiro atoms. The third kappa shape index (κ3) is 5.74. The predicted molar refractivity (Wildman–Crippen MR) is 272 cm³/mol. The van der Waals surface area contributed by atoms with Gasteiger partial charge in [0.1, 0.15) is 11.2 Å². The van der Waals surface area contributed by atoms with Gasteiger partial charge in [0, 0.05) is 33.3 Å². The lowest BCUT2D eigenvalue weighted by Crippen LogP contribution is -2.28. The number of nitrogens with zero attached hydrogens (tertiary/aromatic N) is 1. The van der Waals surface area contributed by atoms with Gasteiger partial charge < -0.3 is 9.32 Å². The highest BCUT2D eigenvalue weighted by Gasteiger charge is 2.46. The zero-order valence-electron chi connectivity index (χ0n) is 35.5. The minimum atomic E-state index is -0.544. The van der Waals surface area contributed by atoms with Gasteiger partial charge in [0.15, 0.2) is 0 Å². The van der Waals surface area contributed by atoms with E-state index in [1.54, 1.807) is 0 Å². The maximum absolute atomic E-state index is 6.90. The van der Waals surface area contributed by atoms with Crippen LogP contribution in [-0.2, 0) is 5.41 Å². The third-order valence-electron chi connectivity index (χ3n) is 13.7. The van der Waals surface area contributed by atoms with Crippen LogP contribution in [0.25, 0.3) is 76.9 Å². The van der Waals surface area contributed by atoms with Gasteiger partial charge in [-0.25, -0.2) is 0 Å². The quantitative estimate of drug-likeness (QED) is 0.159. The number of anilines is 3. The number of fused-ring (bicyclic) bond motifs is 8. The molecule has 0 amide bonds. The first-order chi connectivity index (χ1) is 32.2. The van der Waals surface area contributed by atoms with E-state index >= 15 is 0 Å². The SMILES string of the molecule is c1ccc(C2(c3ccccc3)c3ccccc3-c3ccc(N(c4ccc(-c5cccc6ccccc56)cc4)c4ccccc4-c4cccc5c4oc4cc6ccccc6cc45)cc32)cc1. The molecule has 13 rings (SSSR count). The zero-order valence-corrected chi connectivity index (χ0v) is 35.5. The largest absolute Gasteiger partial charge is 0.455 e. The molecule has 0 radical (unpaired) electrons. The molecule has 2 heteroatoms. The standard InChI is InChI=1S/C63H41NO/c1-3-21-46(22-4-1)63(47-23-5-2-6-24-47)58-31-13-11-26-52(58)53-38-37-49(41-59(53)63)64(48-35-33-43(34-36-48)51-28-15-20-42-17-9-10-25-50(42)51)60-32-14-12-27-54(60)55-29-16-30-56-57-39-44-18-7-8-19-45(44)40-61(57)65-62(55)56/h1-41H. The average Bonchev–Trinajstić information content (AvgIpc) is 3.89. The van der Waals surface area contributed by atoms with Crippen LogP contribution in [0.2, 0.25) is 0 Å². The molecule has 11 aromatic carbocycles. The van der Waals surface area contributed by atoms with Gasteiger partial charge in [0.05, 0.1) is 11.1 Å². The van der Waals surface area contributed by atoms with E-state index in [4.69, 9.17) is 4.42 Å². The molecule has 0 saturated carbocycles. The Balaban J connectivity index is 1.06. The highest BCUT2D eigenvalue weighted by Crippen LogP contribution is 2.57. The molecule has 12 aromatic rings. The molecule has 0 aliphatic heterocycles. The summed E-state index contributed by atoms with van der Waals surface area (Å²) in [4.78, 5) is 2.45. The van der Waals surface area contributed by atoms with E-state index in [-0.39, 0.29) is 0 Å². The highest BCUT2D eigenvalue weighted by molar-refractivity contribution is 6.14. The van der Waals surface area contributed by atoms with Crippen molar-refractivity contribution in [2.75, 3.05) is 4.90 Å². The second kappa shape index (κ2) is 14.8. The van der Waals surface area contributed by atoms with Crippen LogP contribution in [0, 0.1) is 0 Å². The molecule has 1 heterocycles. The van der Waals surface area contributed by atoms with E-state index in [0.29, 0.717) is 0 Å². The highest BCUT2D eigenvalue weighted by atomic mass is 16.3. The third-order valence-corrected chi connectivity index (χ3v) is 13.7. The van der Waals surface area contributed by atoms with Crippen LogP contribution in [0.4, 0.5) is 17.1 Å². The fourth-order valence-corrected chi connectivity index (χ4v) is 10.9. The van der Waals surface area contributed by atoms with Crippen molar-refractivity contribution < 1.29 is 4.42 Å². The molecule has 0 bridgehead atoms. The van der Waals surface area contributed by atoms with Crippen LogP contribution in [-0.4, -0.2) is 0 Å². The van der Waals surface area contributed by atoms with Gasteiger partial charge >= 0.3 is 0 Å². The average molecular weight is 828 g/mol. The van der Waals surface area contributed by atoms with E-state index in [0.717, 1.165) is 50.1 Å². The second-order valence-corrected chi connectivity index (χ2v) is 17.2. The summed E-state index contributed by atoms with van der Waals surface area (Å²) >= 11 is 0. The fourth-order valence-electron chi connectivity index (χ4n) is 10.9. The Kier molecular flexibility index (Phi) is 8.47. The summed E-state index contributed by atoms with van der Waals surface area (Å²) in [6.45, 7) is 0. The first-order valence-corrected chi connectivity index (χ1v) is 22.4. The molecule has 304 valence electrons. The van der Waals surface area contributed by atoms with Gasteiger partial charge in [0.2, 0.25) is 0 Å². The van der Waals surface area contributed by atoms with Crippen LogP contribution in [0.3, 0.4) is 0 Å². The van der Waals surface area contributed by atoms with Crippen LogP contribution in [0.5, 0.6) is 0 Å². The van der Waals surface area contributed by atoms with Crippen molar-refractivity contribution in [3.63, 3.8) is 0 Å². The molecule has 0 saturated heterocycles. The van der Waals surface area contributed by atoms with Crippen molar-refractivity contribution in [2.24, 2.45) is 0 Å². The summed E-state index contributed by atoms with van der Waals surface area (Å²) in [5.41, 5.74) is 16.5. The first kappa shape index (κ1) is 37.1. The Bertz CT molecular complexity index is 3730. The van der Waals surface area contributed by atoms with Crippen LogP contribution in [0.15, 0.2) is 253 Å². The topological polar surface area (TPSA) is 16.4 Å². The molecule has 65 heavy (non-hydrogen) atoms. The van der Waals surface area contributed by atoms with Crippen molar-refractivity contribution in [1.29, 1.82) is 0 Å². The second-order valence-electron chi connectivity index (χ2n) is 17.2. The van der Waals surface area contributed by atoms with Gasteiger partial charge in [-0.1, -0.05) is 206 Å². The lowest BCUT2D eigenvalue weighted by Gasteiger charge is -2.35. The molecule has 0 atom stereocenters. The molecule has 0 N–H and O–H groups in total. The van der Waals surface area contributed by atoms with Crippen LogP contribution < -0.4 is 4.90 Å². The number of hydrogen-bond acceptors (Lipinski definition) is 2. The summed E-state index contributed by atoms with van der Waals surface area (Å²) in [5, 5.41) is 7.07. The van der Waals surface area contributed by atoms with E-state index in [2.05, 4.69) is 254 Å². The van der Waals surface area contributed by atoms with Crippen molar-refractivity contribution in [1.82, 2.24) is 0 Å². The van der Waals surface area contributed by atoms with Gasteiger partial charge in [-0.15, -0.1) is 0 Å². The fraction of sp³-hybridized carbons (Fsp3) is 0.0159. The Morgan fingerprint density at radius 2 is 0.877 bits per heavy atom. The van der Waals surface area contributed by atoms with Crippen molar-refractivity contribution in [2.45, 2.75) is 5.41 Å². The van der Waals surface area contributed by atoms with Crippen molar-refractivity contribution >= 4 is 60.5 Å². The van der Waals surface area contributed by atoms with E-state index in [9.17, 15) is 0 Å². The number of benzene rings is 11. The van der Waals surface area contributed by atoms with Gasteiger partial charge in [-0.2, -0.15) is 0 Å². The molecule has 1 aliphatic rings. The predicted octanol–water partition coefficient (Wildman–Crippen LogP) is 17.1. The first-order valence-electron chi connectivity index (χ1n) is 22.4. The number of hydrogen-bond donors (Lipinski definition) is 0. The van der Waals surface area contributed by atoms with Gasteiger partial charge in [-0.3, -0.25) is 0 Å². The lowest BCUT2D eigenvalue weighted by molar-refractivity contribution is 0.670.